The SMILES string of the molecule is CC(C)(C)c1ccc(-c2nnc(SCC(=O)Nc3cccc(Cl)c3)n2-c2ccc(Cl)cc2)cc1. The van der Waals surface area contributed by atoms with Crippen molar-refractivity contribution in [2.45, 2.75) is 31.3 Å². The van der Waals surface area contributed by atoms with Crippen molar-refractivity contribution in [3.63, 3.8) is 0 Å². The number of aromatic nitrogens is 3. The highest BCUT2D eigenvalue weighted by Gasteiger charge is 2.19. The van der Waals surface area contributed by atoms with E-state index in [1.807, 2.05) is 28.8 Å². The molecular formula is C26H24Cl2N4OS. The van der Waals surface area contributed by atoms with Crippen molar-refractivity contribution >= 4 is 46.6 Å². The van der Waals surface area contributed by atoms with Gasteiger partial charge in [-0.3, -0.25) is 9.36 Å². The first-order chi connectivity index (χ1) is 16.2. The van der Waals surface area contributed by atoms with Crippen molar-refractivity contribution in [3.8, 4) is 17.1 Å². The highest BCUT2D eigenvalue weighted by Crippen LogP contribution is 2.30. The van der Waals surface area contributed by atoms with E-state index in [2.05, 4.69) is 60.6 Å². The molecule has 0 atom stereocenters. The third-order valence-corrected chi connectivity index (χ3v) is 6.58. The van der Waals surface area contributed by atoms with Gasteiger partial charge in [0.1, 0.15) is 0 Å². The molecule has 4 rings (SSSR count). The Morgan fingerprint density at radius 2 is 1.65 bits per heavy atom. The second-order valence-corrected chi connectivity index (χ2v) is 10.6. The van der Waals surface area contributed by atoms with Crippen LogP contribution < -0.4 is 5.32 Å². The summed E-state index contributed by atoms with van der Waals surface area (Å²) in [5.74, 6) is 0.704. The highest BCUT2D eigenvalue weighted by atomic mass is 35.5. The van der Waals surface area contributed by atoms with Gasteiger partial charge in [-0.2, -0.15) is 0 Å². The molecule has 0 bridgehead atoms. The lowest BCUT2D eigenvalue weighted by Gasteiger charge is -2.19. The average Bonchev–Trinajstić information content (AvgIpc) is 3.22. The monoisotopic (exact) mass is 510 g/mol. The summed E-state index contributed by atoms with van der Waals surface area (Å²) in [5.41, 5.74) is 3.74. The van der Waals surface area contributed by atoms with Gasteiger partial charge in [0.2, 0.25) is 5.91 Å². The van der Waals surface area contributed by atoms with Gasteiger partial charge in [0.15, 0.2) is 11.0 Å². The zero-order valence-corrected chi connectivity index (χ0v) is 21.4. The number of hydrogen-bond acceptors (Lipinski definition) is 4. The molecule has 1 aromatic heterocycles. The summed E-state index contributed by atoms with van der Waals surface area (Å²) in [6, 6.07) is 22.9. The molecule has 4 aromatic rings. The molecule has 0 aliphatic heterocycles. The number of halogens is 2. The molecule has 8 heteroatoms. The van der Waals surface area contributed by atoms with E-state index in [1.165, 1.54) is 17.3 Å². The van der Waals surface area contributed by atoms with E-state index in [0.717, 1.165) is 11.3 Å². The quantitative estimate of drug-likeness (QED) is 0.277. The molecule has 0 aliphatic rings. The molecule has 174 valence electrons. The zero-order chi connectivity index (χ0) is 24.3. The summed E-state index contributed by atoms with van der Waals surface area (Å²) >= 11 is 13.4. The van der Waals surface area contributed by atoms with Gasteiger partial charge in [-0.25, -0.2) is 0 Å². The Morgan fingerprint density at radius 1 is 0.941 bits per heavy atom. The molecule has 0 radical (unpaired) electrons. The average molecular weight is 511 g/mol. The van der Waals surface area contributed by atoms with Crippen molar-refractivity contribution in [2.24, 2.45) is 0 Å². The normalized spacial score (nSPS) is 11.4. The summed E-state index contributed by atoms with van der Waals surface area (Å²) in [6.45, 7) is 6.55. The summed E-state index contributed by atoms with van der Waals surface area (Å²) in [4.78, 5) is 12.5. The fourth-order valence-electron chi connectivity index (χ4n) is 3.39. The molecule has 0 unspecified atom stereocenters. The lowest BCUT2D eigenvalue weighted by Crippen LogP contribution is -2.14. The molecular weight excluding hydrogens is 487 g/mol. The van der Waals surface area contributed by atoms with Gasteiger partial charge in [-0.1, -0.05) is 86.1 Å². The first-order valence-corrected chi connectivity index (χ1v) is 12.5. The van der Waals surface area contributed by atoms with E-state index in [9.17, 15) is 4.79 Å². The minimum Gasteiger partial charge on any atom is -0.325 e. The Balaban J connectivity index is 1.62. The highest BCUT2D eigenvalue weighted by molar-refractivity contribution is 7.99. The lowest BCUT2D eigenvalue weighted by atomic mass is 9.87. The van der Waals surface area contributed by atoms with Crippen LogP contribution in [0.3, 0.4) is 0 Å². The maximum atomic E-state index is 12.5. The van der Waals surface area contributed by atoms with Crippen molar-refractivity contribution < 1.29 is 4.79 Å². The van der Waals surface area contributed by atoms with Crippen molar-refractivity contribution in [1.29, 1.82) is 0 Å². The molecule has 0 fully saturated rings. The number of benzene rings is 3. The summed E-state index contributed by atoms with van der Waals surface area (Å²) in [7, 11) is 0. The van der Waals surface area contributed by atoms with E-state index >= 15 is 0 Å². The van der Waals surface area contributed by atoms with Crippen LogP contribution in [0.4, 0.5) is 5.69 Å². The molecule has 0 saturated carbocycles. The summed E-state index contributed by atoms with van der Waals surface area (Å²) in [5, 5.41) is 13.5. The number of thioether (sulfide) groups is 1. The molecule has 1 N–H and O–H groups in total. The Kier molecular flexibility index (Phi) is 7.31. The third-order valence-electron chi connectivity index (χ3n) is 5.17. The maximum Gasteiger partial charge on any atom is 0.234 e. The van der Waals surface area contributed by atoms with Crippen molar-refractivity contribution in [3.05, 3.63) is 88.4 Å². The smallest absolute Gasteiger partial charge is 0.234 e. The van der Waals surface area contributed by atoms with E-state index in [-0.39, 0.29) is 17.1 Å². The topological polar surface area (TPSA) is 59.8 Å². The Bertz CT molecular complexity index is 1300. The van der Waals surface area contributed by atoms with E-state index in [1.54, 1.807) is 24.3 Å². The van der Waals surface area contributed by atoms with Gasteiger partial charge >= 0.3 is 0 Å². The number of carbonyl (C=O) groups is 1. The number of hydrogen-bond donors (Lipinski definition) is 1. The van der Waals surface area contributed by atoms with Crippen molar-refractivity contribution in [2.75, 3.05) is 11.1 Å². The fraction of sp³-hybridized carbons (Fsp3) is 0.192. The van der Waals surface area contributed by atoms with Gasteiger partial charge in [-0.15, -0.1) is 10.2 Å². The van der Waals surface area contributed by atoms with Crippen LogP contribution in [0.1, 0.15) is 26.3 Å². The Morgan fingerprint density at radius 3 is 2.29 bits per heavy atom. The zero-order valence-electron chi connectivity index (χ0n) is 19.0. The van der Waals surface area contributed by atoms with Gasteiger partial charge in [0.25, 0.3) is 0 Å². The molecule has 1 heterocycles. The Labute approximate surface area is 213 Å². The number of amides is 1. The van der Waals surface area contributed by atoms with Gasteiger partial charge in [0.05, 0.1) is 5.75 Å². The van der Waals surface area contributed by atoms with E-state index in [0.29, 0.717) is 26.7 Å². The third kappa shape index (κ3) is 5.81. The fourth-order valence-corrected chi connectivity index (χ4v) is 4.45. The van der Waals surface area contributed by atoms with Crippen LogP contribution in [0.15, 0.2) is 78.0 Å². The number of nitrogens with one attached hydrogen (secondary N) is 1. The lowest BCUT2D eigenvalue weighted by molar-refractivity contribution is -0.113. The predicted octanol–water partition coefficient (Wildman–Crippen LogP) is 7.27. The first-order valence-electron chi connectivity index (χ1n) is 10.7. The van der Waals surface area contributed by atoms with Crippen LogP contribution in [0, 0.1) is 0 Å². The largest absolute Gasteiger partial charge is 0.325 e. The van der Waals surface area contributed by atoms with Crippen LogP contribution in [0.5, 0.6) is 0 Å². The van der Waals surface area contributed by atoms with E-state index in [4.69, 9.17) is 23.2 Å². The maximum absolute atomic E-state index is 12.5. The molecule has 0 saturated heterocycles. The van der Waals surface area contributed by atoms with Gasteiger partial charge in [0, 0.05) is 27.0 Å². The number of anilines is 1. The number of rotatable bonds is 6. The minimum atomic E-state index is -0.158. The van der Waals surface area contributed by atoms with E-state index < -0.39 is 0 Å². The first kappa shape index (κ1) is 24.3. The predicted molar refractivity (Wildman–Crippen MR) is 141 cm³/mol. The minimum absolute atomic E-state index is 0.0553. The molecule has 0 aliphatic carbocycles. The molecule has 3 aromatic carbocycles. The van der Waals surface area contributed by atoms with Gasteiger partial charge in [-0.05, 0) is 53.4 Å². The standard InChI is InChI=1S/C26H24Cl2N4OS/c1-26(2,3)18-9-7-17(8-10-18)24-30-31-25(32(24)22-13-11-19(27)12-14-22)34-16-23(33)29-21-6-4-5-20(28)15-21/h4-15H,16H2,1-3H3,(H,29,33). The molecule has 1 amide bonds. The van der Waals surface area contributed by atoms with Crippen molar-refractivity contribution in [1.82, 2.24) is 14.8 Å². The van der Waals surface area contributed by atoms with Gasteiger partial charge < -0.3 is 5.32 Å². The van der Waals surface area contributed by atoms with Crippen LogP contribution in [0.2, 0.25) is 10.0 Å². The summed E-state index contributed by atoms with van der Waals surface area (Å²) < 4.78 is 1.94. The van der Waals surface area contributed by atoms with Crippen LogP contribution in [-0.4, -0.2) is 26.4 Å². The second kappa shape index (κ2) is 10.2. The number of nitrogens with zero attached hydrogens (tertiary/aromatic N) is 3. The Hall–Kier alpha value is -2.80. The van der Waals surface area contributed by atoms with Crippen LogP contribution in [0.25, 0.3) is 17.1 Å². The molecule has 34 heavy (non-hydrogen) atoms. The van der Waals surface area contributed by atoms with Crippen LogP contribution >= 0.6 is 35.0 Å². The number of carbonyl (C=O) groups excluding carboxylic acids is 1. The van der Waals surface area contributed by atoms with Crippen LogP contribution in [-0.2, 0) is 10.2 Å². The summed E-state index contributed by atoms with van der Waals surface area (Å²) in [6.07, 6.45) is 0. The second-order valence-electron chi connectivity index (χ2n) is 8.79. The molecule has 5 nitrogen and oxygen atoms in total. The molecule has 0 spiro atoms.